The van der Waals surface area contributed by atoms with Crippen molar-refractivity contribution in [3.63, 3.8) is 0 Å². The topological polar surface area (TPSA) is 87.6 Å². The lowest BCUT2D eigenvalue weighted by atomic mass is 10.1. The van der Waals surface area contributed by atoms with Crippen molar-refractivity contribution in [1.29, 1.82) is 0 Å². The molecule has 1 heterocycles. The van der Waals surface area contributed by atoms with Crippen LogP contribution < -0.4 is 15.1 Å². The van der Waals surface area contributed by atoms with E-state index in [0.717, 1.165) is 33.7 Å². The van der Waals surface area contributed by atoms with Crippen LogP contribution in [0.25, 0.3) is 10.9 Å². The molecule has 0 atom stereocenters. The summed E-state index contributed by atoms with van der Waals surface area (Å²) in [5.41, 5.74) is 4.78. The highest BCUT2D eigenvalue weighted by atomic mass is 16.5. The zero-order chi connectivity index (χ0) is 20.9. The van der Waals surface area contributed by atoms with Gasteiger partial charge in [-0.05, 0) is 54.1 Å². The molecule has 4 aromatic rings. The van der Waals surface area contributed by atoms with Crippen LogP contribution in [0.2, 0.25) is 0 Å². The minimum atomic E-state index is -0.543. The molecule has 0 spiro atoms. The van der Waals surface area contributed by atoms with Gasteiger partial charge in [-0.15, -0.1) is 0 Å². The number of carbonyl (C=O) groups is 1. The maximum Gasteiger partial charge on any atom is 0.274 e. The fourth-order valence-electron chi connectivity index (χ4n) is 3.13. The molecule has 0 unspecified atom stereocenters. The predicted octanol–water partition coefficient (Wildman–Crippen LogP) is 4.10. The molecule has 0 bridgehead atoms. The van der Waals surface area contributed by atoms with E-state index in [0.29, 0.717) is 12.2 Å². The number of para-hydroxylation sites is 1. The number of anilines is 2. The summed E-state index contributed by atoms with van der Waals surface area (Å²) in [6.45, 7) is 0.368. The molecule has 150 valence electrons. The third-order valence-electron chi connectivity index (χ3n) is 4.79. The zero-order valence-electron chi connectivity index (χ0n) is 16.3. The maximum atomic E-state index is 11.4. The van der Waals surface area contributed by atoms with E-state index in [1.807, 2.05) is 60.5 Å². The third-order valence-corrected chi connectivity index (χ3v) is 4.79. The minimum absolute atomic E-state index is 0.368. The van der Waals surface area contributed by atoms with Gasteiger partial charge in [-0.3, -0.25) is 10.0 Å². The first kappa shape index (κ1) is 19.4. The van der Waals surface area contributed by atoms with E-state index in [2.05, 4.69) is 9.97 Å². The van der Waals surface area contributed by atoms with Crippen LogP contribution in [-0.4, -0.2) is 28.1 Å². The SMILES string of the molecule is CN(c1ccc(OCc2ccc(C(=O)NO)cc2)cc1)c1ncnc2ccccc12. The van der Waals surface area contributed by atoms with Crippen LogP contribution in [0.15, 0.2) is 79.1 Å². The largest absolute Gasteiger partial charge is 0.489 e. The number of nitrogens with zero attached hydrogens (tertiary/aromatic N) is 3. The second kappa shape index (κ2) is 8.59. The molecule has 0 radical (unpaired) electrons. The molecule has 7 heteroatoms. The highest BCUT2D eigenvalue weighted by molar-refractivity contribution is 5.93. The fourth-order valence-corrected chi connectivity index (χ4v) is 3.13. The molecule has 0 saturated carbocycles. The summed E-state index contributed by atoms with van der Waals surface area (Å²) in [7, 11) is 1.97. The van der Waals surface area contributed by atoms with Crippen LogP contribution in [0.4, 0.5) is 11.5 Å². The van der Waals surface area contributed by atoms with Gasteiger partial charge in [-0.2, -0.15) is 0 Å². The van der Waals surface area contributed by atoms with Gasteiger partial charge in [0.15, 0.2) is 0 Å². The van der Waals surface area contributed by atoms with Gasteiger partial charge in [-0.1, -0.05) is 24.3 Å². The molecule has 2 N–H and O–H groups in total. The zero-order valence-corrected chi connectivity index (χ0v) is 16.3. The summed E-state index contributed by atoms with van der Waals surface area (Å²) < 4.78 is 5.84. The van der Waals surface area contributed by atoms with Crippen LogP contribution in [0.1, 0.15) is 15.9 Å². The van der Waals surface area contributed by atoms with Crippen molar-refractivity contribution in [2.75, 3.05) is 11.9 Å². The lowest BCUT2D eigenvalue weighted by molar-refractivity contribution is 0.0706. The number of ether oxygens (including phenoxy) is 1. The van der Waals surface area contributed by atoms with Crippen LogP contribution in [0.5, 0.6) is 5.75 Å². The van der Waals surface area contributed by atoms with Gasteiger partial charge >= 0.3 is 0 Å². The van der Waals surface area contributed by atoms with Crippen LogP contribution >= 0.6 is 0 Å². The van der Waals surface area contributed by atoms with E-state index in [1.165, 1.54) is 0 Å². The second-order valence-electron chi connectivity index (χ2n) is 6.69. The average Bonchev–Trinajstić information content (AvgIpc) is 2.82. The van der Waals surface area contributed by atoms with Gasteiger partial charge in [0.1, 0.15) is 24.5 Å². The van der Waals surface area contributed by atoms with Gasteiger partial charge in [-0.25, -0.2) is 15.4 Å². The first-order chi connectivity index (χ1) is 14.7. The molecule has 0 aliphatic rings. The Bertz CT molecular complexity index is 1160. The minimum Gasteiger partial charge on any atom is -0.489 e. The van der Waals surface area contributed by atoms with Crippen molar-refractivity contribution in [1.82, 2.24) is 15.4 Å². The predicted molar refractivity (Wildman–Crippen MR) is 114 cm³/mol. The summed E-state index contributed by atoms with van der Waals surface area (Å²) in [6, 6.07) is 22.5. The molecule has 3 aromatic carbocycles. The number of carbonyl (C=O) groups excluding carboxylic acids is 1. The van der Waals surface area contributed by atoms with Gasteiger partial charge in [0, 0.05) is 23.7 Å². The third kappa shape index (κ3) is 4.06. The van der Waals surface area contributed by atoms with Crippen molar-refractivity contribution in [3.05, 3.63) is 90.3 Å². The van der Waals surface area contributed by atoms with Crippen LogP contribution in [-0.2, 0) is 6.61 Å². The first-order valence-electron chi connectivity index (χ1n) is 9.35. The van der Waals surface area contributed by atoms with Crippen LogP contribution in [0.3, 0.4) is 0 Å². The van der Waals surface area contributed by atoms with Crippen molar-refractivity contribution < 1.29 is 14.7 Å². The number of hydrogen-bond donors (Lipinski definition) is 2. The lowest BCUT2D eigenvalue weighted by Gasteiger charge is -2.20. The number of rotatable bonds is 6. The number of nitrogens with one attached hydrogen (secondary N) is 1. The highest BCUT2D eigenvalue weighted by Gasteiger charge is 2.10. The van der Waals surface area contributed by atoms with E-state index in [4.69, 9.17) is 9.94 Å². The monoisotopic (exact) mass is 400 g/mol. The second-order valence-corrected chi connectivity index (χ2v) is 6.69. The molecule has 1 amide bonds. The van der Waals surface area contributed by atoms with E-state index >= 15 is 0 Å². The molecular formula is C23H20N4O3. The molecule has 7 nitrogen and oxygen atoms in total. The Morgan fingerprint density at radius 3 is 2.47 bits per heavy atom. The lowest BCUT2D eigenvalue weighted by Crippen LogP contribution is -2.18. The Labute approximate surface area is 173 Å². The van der Waals surface area contributed by atoms with E-state index in [9.17, 15) is 4.79 Å². The first-order valence-corrected chi connectivity index (χ1v) is 9.35. The molecule has 0 fully saturated rings. The van der Waals surface area contributed by atoms with Gasteiger partial charge in [0.05, 0.1) is 5.52 Å². The smallest absolute Gasteiger partial charge is 0.274 e. The van der Waals surface area contributed by atoms with Gasteiger partial charge < -0.3 is 9.64 Å². The summed E-state index contributed by atoms with van der Waals surface area (Å²) >= 11 is 0. The summed E-state index contributed by atoms with van der Waals surface area (Å²) in [5.74, 6) is 1.02. The standard InChI is InChI=1S/C23H20N4O3/c1-27(22-20-4-2-3-5-21(20)24-15-25-22)18-10-12-19(13-11-18)30-14-16-6-8-17(9-7-16)23(28)26-29/h2-13,15,29H,14H2,1H3,(H,26,28). The Balaban J connectivity index is 1.44. The molecule has 0 aliphatic heterocycles. The Kier molecular flexibility index (Phi) is 5.54. The number of hydrogen-bond acceptors (Lipinski definition) is 6. The maximum absolute atomic E-state index is 11.4. The quantitative estimate of drug-likeness (QED) is 0.374. The van der Waals surface area contributed by atoms with Crippen molar-refractivity contribution in [2.45, 2.75) is 6.61 Å². The molecule has 1 aromatic heterocycles. The molecule has 0 aliphatic carbocycles. The number of aromatic nitrogens is 2. The van der Waals surface area contributed by atoms with Crippen molar-refractivity contribution >= 4 is 28.3 Å². The Morgan fingerprint density at radius 1 is 1.00 bits per heavy atom. The number of benzene rings is 3. The molecule has 4 rings (SSSR count). The summed E-state index contributed by atoms with van der Waals surface area (Å²) in [4.78, 5) is 22.1. The average molecular weight is 400 g/mol. The Morgan fingerprint density at radius 2 is 1.73 bits per heavy atom. The highest BCUT2D eigenvalue weighted by Crippen LogP contribution is 2.29. The van der Waals surface area contributed by atoms with Crippen molar-refractivity contribution in [2.24, 2.45) is 0 Å². The molecule has 0 saturated heterocycles. The normalized spacial score (nSPS) is 10.6. The molecule has 30 heavy (non-hydrogen) atoms. The fraction of sp³-hybridized carbons (Fsp3) is 0.0870. The summed E-state index contributed by atoms with van der Waals surface area (Å²) in [5, 5.41) is 9.65. The summed E-state index contributed by atoms with van der Waals surface area (Å²) in [6.07, 6.45) is 1.57. The number of hydroxylamine groups is 1. The van der Waals surface area contributed by atoms with E-state index in [-0.39, 0.29) is 0 Å². The van der Waals surface area contributed by atoms with E-state index in [1.54, 1.807) is 36.1 Å². The van der Waals surface area contributed by atoms with Crippen molar-refractivity contribution in [3.8, 4) is 5.75 Å². The van der Waals surface area contributed by atoms with Crippen LogP contribution in [0, 0.1) is 0 Å². The number of fused-ring (bicyclic) bond motifs is 1. The molecular weight excluding hydrogens is 380 g/mol. The Hall–Kier alpha value is -3.97. The van der Waals surface area contributed by atoms with Gasteiger partial charge in [0.2, 0.25) is 0 Å². The number of amides is 1. The van der Waals surface area contributed by atoms with E-state index < -0.39 is 5.91 Å². The van der Waals surface area contributed by atoms with Gasteiger partial charge in [0.25, 0.3) is 5.91 Å².